The van der Waals surface area contributed by atoms with Crippen LogP contribution < -0.4 is 20.1 Å². The Kier molecular flexibility index (Phi) is 9.62. The Bertz CT molecular complexity index is 1550. The predicted molar refractivity (Wildman–Crippen MR) is 159 cm³/mol. The van der Waals surface area contributed by atoms with Gasteiger partial charge in [-0.1, -0.05) is 12.1 Å². The lowest BCUT2D eigenvalue weighted by molar-refractivity contribution is 0.0387. The summed E-state index contributed by atoms with van der Waals surface area (Å²) in [5, 5.41) is 19.1. The largest absolute Gasteiger partial charge is 0.497 e. The van der Waals surface area contributed by atoms with Gasteiger partial charge < -0.3 is 34.6 Å². The maximum absolute atomic E-state index is 13.7. The second kappa shape index (κ2) is 13.0. The van der Waals surface area contributed by atoms with Crippen molar-refractivity contribution in [3.63, 3.8) is 0 Å². The third-order valence-corrected chi connectivity index (χ3v) is 9.24. The Morgan fingerprint density at radius 3 is 2.51 bits per heavy atom. The Morgan fingerprint density at radius 2 is 1.91 bits per heavy atom. The molecule has 0 spiro atoms. The van der Waals surface area contributed by atoms with Crippen molar-refractivity contribution in [2.24, 2.45) is 5.92 Å². The van der Waals surface area contributed by atoms with Crippen molar-refractivity contribution < 1.29 is 37.1 Å². The van der Waals surface area contributed by atoms with Crippen molar-refractivity contribution in [2.75, 3.05) is 44.5 Å². The first-order valence-corrected chi connectivity index (χ1v) is 15.1. The van der Waals surface area contributed by atoms with Crippen molar-refractivity contribution in [3.8, 4) is 11.5 Å². The lowest BCUT2D eigenvalue weighted by Gasteiger charge is -2.38. The van der Waals surface area contributed by atoms with E-state index < -0.39 is 34.1 Å². The van der Waals surface area contributed by atoms with Crippen LogP contribution in [0.5, 0.6) is 11.5 Å². The van der Waals surface area contributed by atoms with Crippen LogP contribution in [0.4, 0.5) is 16.2 Å². The monoisotopic (exact) mass is 615 g/mol. The first kappa shape index (κ1) is 31.8. The first-order chi connectivity index (χ1) is 20.3. The number of carbonyl (C=O) groups is 2. The van der Waals surface area contributed by atoms with E-state index in [-0.39, 0.29) is 41.8 Å². The normalized spacial score (nSPS) is 17.9. The highest BCUT2D eigenvalue weighted by Gasteiger charge is 2.35. The minimum Gasteiger partial charge on any atom is -0.497 e. The van der Waals surface area contributed by atoms with Gasteiger partial charge in [0.1, 0.15) is 29.0 Å². The van der Waals surface area contributed by atoms with Crippen LogP contribution in [-0.4, -0.2) is 85.8 Å². The van der Waals surface area contributed by atoms with E-state index in [9.17, 15) is 23.1 Å². The molecule has 0 saturated carbocycles. The molecule has 14 heteroatoms. The average Bonchev–Trinajstić information content (AvgIpc) is 3.30. The van der Waals surface area contributed by atoms with Gasteiger partial charge in [0.05, 0.1) is 36.8 Å². The van der Waals surface area contributed by atoms with Crippen LogP contribution in [0.1, 0.15) is 35.7 Å². The minimum absolute atomic E-state index is 0.00957. The van der Waals surface area contributed by atoms with E-state index in [0.29, 0.717) is 28.6 Å². The Labute approximate surface area is 250 Å². The molecule has 2 aromatic carbocycles. The van der Waals surface area contributed by atoms with Crippen molar-refractivity contribution in [2.45, 2.75) is 44.7 Å². The second-order valence-corrected chi connectivity index (χ2v) is 12.6. The number of likely N-dealkylation sites (N-methyl/N-ethyl adjacent to an activating group) is 1. The topological polar surface area (TPSA) is 164 Å². The van der Waals surface area contributed by atoms with Gasteiger partial charge in [-0.15, -0.1) is 0 Å². The standard InChI is InChI=1S/C29H37N5O8S/c1-17-14-34(18(2)16-35)28(36)24-13-21(30-29(37)31-27-19(3)32-42-20(27)4)7-12-25(24)41-26(17)15-33(5)43(38,39)23-10-8-22(40-6)9-11-23/h7-13,17-18,26,35H,14-16H2,1-6H3,(H2,30,31,37)/t17-,18+,26-/m1/s1. The number of amides is 3. The summed E-state index contributed by atoms with van der Waals surface area (Å²) >= 11 is 0. The van der Waals surface area contributed by atoms with Crippen molar-refractivity contribution in [3.05, 3.63) is 59.5 Å². The number of nitrogens with one attached hydrogen (secondary N) is 2. The molecule has 0 radical (unpaired) electrons. The number of rotatable bonds is 9. The number of urea groups is 1. The van der Waals surface area contributed by atoms with Gasteiger partial charge in [0.25, 0.3) is 5.91 Å². The number of aliphatic hydroxyl groups is 1. The fourth-order valence-corrected chi connectivity index (χ4v) is 5.92. The summed E-state index contributed by atoms with van der Waals surface area (Å²) in [6, 6.07) is 9.64. The third-order valence-electron chi connectivity index (χ3n) is 7.40. The molecule has 1 aliphatic rings. The van der Waals surface area contributed by atoms with Crippen LogP contribution in [0.3, 0.4) is 0 Å². The highest BCUT2D eigenvalue weighted by atomic mass is 32.2. The van der Waals surface area contributed by atoms with Crippen LogP contribution in [0.15, 0.2) is 51.9 Å². The van der Waals surface area contributed by atoms with Gasteiger partial charge in [-0.2, -0.15) is 4.31 Å². The maximum atomic E-state index is 13.7. The summed E-state index contributed by atoms with van der Waals surface area (Å²) in [5.41, 5.74) is 1.44. The van der Waals surface area contributed by atoms with Crippen molar-refractivity contribution >= 4 is 33.3 Å². The van der Waals surface area contributed by atoms with E-state index in [0.717, 1.165) is 0 Å². The van der Waals surface area contributed by atoms with E-state index >= 15 is 0 Å². The summed E-state index contributed by atoms with van der Waals surface area (Å²) in [6.07, 6.45) is -0.653. The summed E-state index contributed by atoms with van der Waals surface area (Å²) in [6.45, 7) is 6.87. The van der Waals surface area contributed by atoms with E-state index in [1.165, 1.54) is 41.6 Å². The van der Waals surface area contributed by atoms with E-state index in [1.54, 1.807) is 45.0 Å². The molecule has 3 aromatic rings. The predicted octanol–water partition coefficient (Wildman–Crippen LogP) is 3.48. The Morgan fingerprint density at radius 1 is 1.21 bits per heavy atom. The summed E-state index contributed by atoms with van der Waals surface area (Å²) in [5.74, 6) is 0.507. The smallest absolute Gasteiger partial charge is 0.323 e. The minimum atomic E-state index is -3.87. The molecule has 232 valence electrons. The Balaban J connectivity index is 1.61. The summed E-state index contributed by atoms with van der Waals surface area (Å²) in [7, 11) is -0.894. The number of hydrogen-bond donors (Lipinski definition) is 3. The average molecular weight is 616 g/mol. The molecule has 3 N–H and O–H groups in total. The zero-order valence-corrected chi connectivity index (χ0v) is 25.8. The molecule has 13 nitrogen and oxygen atoms in total. The van der Waals surface area contributed by atoms with Gasteiger partial charge >= 0.3 is 6.03 Å². The quantitative estimate of drug-likeness (QED) is 0.327. The molecule has 0 fully saturated rings. The van der Waals surface area contributed by atoms with Gasteiger partial charge in [0.2, 0.25) is 10.0 Å². The summed E-state index contributed by atoms with van der Waals surface area (Å²) < 4.78 is 44.5. The maximum Gasteiger partial charge on any atom is 0.323 e. The number of ether oxygens (including phenoxy) is 2. The van der Waals surface area contributed by atoms with Gasteiger partial charge in [-0.05, 0) is 63.2 Å². The molecule has 1 aliphatic heterocycles. The molecule has 0 unspecified atom stereocenters. The van der Waals surface area contributed by atoms with Crippen LogP contribution >= 0.6 is 0 Å². The summed E-state index contributed by atoms with van der Waals surface area (Å²) in [4.78, 5) is 28.1. The van der Waals surface area contributed by atoms with Crippen molar-refractivity contribution in [1.82, 2.24) is 14.4 Å². The number of fused-ring (bicyclic) bond motifs is 1. The number of carbonyl (C=O) groups excluding carboxylic acids is 2. The molecular weight excluding hydrogens is 578 g/mol. The molecule has 3 amide bonds. The number of sulfonamides is 1. The number of anilines is 2. The highest BCUT2D eigenvalue weighted by Crippen LogP contribution is 2.31. The number of aromatic nitrogens is 1. The Hall–Kier alpha value is -4.14. The van der Waals surface area contributed by atoms with E-state index in [2.05, 4.69) is 15.8 Å². The number of hydrogen-bond acceptors (Lipinski definition) is 9. The molecule has 3 atom stereocenters. The fraction of sp³-hybridized carbons (Fsp3) is 0.414. The van der Waals surface area contributed by atoms with Gasteiger partial charge in [0, 0.05) is 25.2 Å². The number of nitrogens with zero attached hydrogens (tertiary/aromatic N) is 3. The molecule has 2 heterocycles. The molecule has 43 heavy (non-hydrogen) atoms. The van der Waals surface area contributed by atoms with Gasteiger partial charge in [-0.25, -0.2) is 13.2 Å². The van der Waals surface area contributed by atoms with Gasteiger partial charge in [-0.3, -0.25) is 4.79 Å². The molecule has 1 aromatic heterocycles. The van der Waals surface area contributed by atoms with E-state index in [1.807, 2.05) is 6.92 Å². The first-order valence-electron chi connectivity index (χ1n) is 13.7. The third kappa shape index (κ3) is 6.92. The van der Waals surface area contributed by atoms with Crippen LogP contribution in [0.2, 0.25) is 0 Å². The molecule has 4 rings (SSSR count). The molecule has 0 aliphatic carbocycles. The SMILES string of the molecule is COc1ccc(S(=O)(=O)N(C)C[C@H]2Oc3ccc(NC(=O)Nc4c(C)noc4C)cc3C(=O)N([C@@H](C)CO)C[C@H]2C)cc1. The fourth-order valence-electron chi connectivity index (χ4n) is 4.73. The number of benzene rings is 2. The zero-order chi connectivity index (χ0) is 31.5. The molecular formula is C29H37N5O8S. The zero-order valence-electron chi connectivity index (χ0n) is 24.9. The van der Waals surface area contributed by atoms with Crippen LogP contribution in [0, 0.1) is 19.8 Å². The lowest BCUT2D eigenvalue weighted by atomic mass is 9.99. The second-order valence-electron chi connectivity index (χ2n) is 10.6. The number of aliphatic hydroxyl groups excluding tert-OH is 1. The van der Waals surface area contributed by atoms with E-state index in [4.69, 9.17) is 14.0 Å². The molecule has 0 bridgehead atoms. The van der Waals surface area contributed by atoms with Crippen LogP contribution in [0.25, 0.3) is 0 Å². The molecule has 0 saturated heterocycles. The van der Waals surface area contributed by atoms with Gasteiger partial charge in [0.15, 0.2) is 5.76 Å². The van der Waals surface area contributed by atoms with Crippen molar-refractivity contribution in [1.29, 1.82) is 0 Å². The lowest BCUT2D eigenvalue weighted by Crippen LogP contribution is -2.50. The number of aryl methyl sites for hydroxylation is 2. The number of methoxy groups -OCH3 is 1. The highest BCUT2D eigenvalue weighted by molar-refractivity contribution is 7.89. The van der Waals surface area contributed by atoms with Crippen LogP contribution in [-0.2, 0) is 10.0 Å².